The van der Waals surface area contributed by atoms with Gasteiger partial charge in [-0.1, -0.05) is 30.3 Å². The van der Waals surface area contributed by atoms with E-state index < -0.39 is 11.6 Å². The fourth-order valence-electron chi connectivity index (χ4n) is 1.73. The van der Waals surface area contributed by atoms with Gasteiger partial charge < -0.3 is 9.84 Å². The van der Waals surface area contributed by atoms with Crippen LogP contribution in [0.1, 0.15) is 6.42 Å². The van der Waals surface area contributed by atoms with E-state index in [2.05, 4.69) is 4.74 Å². The van der Waals surface area contributed by atoms with Gasteiger partial charge in [-0.3, -0.25) is 0 Å². The third kappa shape index (κ3) is 1.66. The average Bonchev–Trinajstić information content (AvgIpc) is 2.27. The van der Waals surface area contributed by atoms with E-state index in [1.165, 1.54) is 7.11 Å². The summed E-state index contributed by atoms with van der Waals surface area (Å²) < 4.78 is 4.57. The molecule has 78 valence electrons. The number of esters is 1. The van der Waals surface area contributed by atoms with Gasteiger partial charge in [-0.05, 0) is 16.5 Å². The summed E-state index contributed by atoms with van der Waals surface area (Å²) >= 11 is 0. The van der Waals surface area contributed by atoms with Crippen molar-refractivity contribution in [3.63, 3.8) is 0 Å². The van der Waals surface area contributed by atoms with E-state index in [1.807, 2.05) is 30.3 Å². The van der Waals surface area contributed by atoms with E-state index in [9.17, 15) is 9.90 Å². The minimum Gasteiger partial charge on any atom is -0.467 e. The van der Waals surface area contributed by atoms with Crippen LogP contribution in [-0.2, 0) is 9.53 Å². The predicted molar refractivity (Wildman–Crippen MR) is 56.2 cm³/mol. The van der Waals surface area contributed by atoms with Crippen molar-refractivity contribution in [3.05, 3.63) is 34.7 Å². The molecule has 3 nitrogen and oxygen atoms in total. The molecular weight excluding hydrogens is 192 g/mol. The maximum atomic E-state index is 11.4. The summed E-state index contributed by atoms with van der Waals surface area (Å²) in [7, 11) is 1.27. The maximum Gasteiger partial charge on any atom is 0.342 e. The number of benzene rings is 1. The third-order valence-electron chi connectivity index (χ3n) is 2.56. The molecule has 0 fully saturated rings. The second kappa shape index (κ2) is 3.51. The first-order valence-electron chi connectivity index (χ1n) is 4.75. The zero-order valence-electron chi connectivity index (χ0n) is 8.43. The quantitative estimate of drug-likeness (QED) is 0.631. The number of fused-ring (bicyclic) bond motifs is 1. The van der Waals surface area contributed by atoms with Crippen LogP contribution in [-0.4, -0.2) is 23.8 Å². The molecule has 1 aromatic rings. The summed E-state index contributed by atoms with van der Waals surface area (Å²) in [5, 5.41) is 11.9. The van der Waals surface area contributed by atoms with Gasteiger partial charge in [0, 0.05) is 6.42 Å². The smallest absolute Gasteiger partial charge is 0.342 e. The Hall–Kier alpha value is -1.61. The largest absolute Gasteiger partial charge is 0.467 e. The van der Waals surface area contributed by atoms with Crippen LogP contribution in [0, 0.1) is 0 Å². The normalized spacial score (nSPS) is 23.3. The van der Waals surface area contributed by atoms with E-state index in [4.69, 9.17) is 0 Å². The highest BCUT2D eigenvalue weighted by Gasteiger charge is 2.34. The SMILES string of the molecule is COC(=O)C1(O)C=c2ccccc2=CC1. The Morgan fingerprint density at radius 2 is 2.07 bits per heavy atom. The van der Waals surface area contributed by atoms with Crippen molar-refractivity contribution in [1.82, 2.24) is 0 Å². The number of hydrogen-bond acceptors (Lipinski definition) is 3. The van der Waals surface area contributed by atoms with Gasteiger partial charge in [-0.15, -0.1) is 0 Å². The van der Waals surface area contributed by atoms with Crippen LogP contribution in [0.2, 0.25) is 0 Å². The van der Waals surface area contributed by atoms with Crippen LogP contribution in [0.15, 0.2) is 24.3 Å². The first-order chi connectivity index (χ1) is 7.15. The molecule has 0 saturated carbocycles. The Labute approximate surface area is 87.3 Å². The number of aliphatic hydroxyl groups is 1. The summed E-state index contributed by atoms with van der Waals surface area (Å²) in [6.45, 7) is 0. The lowest BCUT2D eigenvalue weighted by Crippen LogP contribution is -2.44. The van der Waals surface area contributed by atoms with Crippen molar-refractivity contribution in [2.75, 3.05) is 7.11 Å². The zero-order chi connectivity index (χ0) is 10.9. The van der Waals surface area contributed by atoms with Gasteiger partial charge in [0.1, 0.15) is 0 Å². The second-order valence-corrected chi connectivity index (χ2v) is 3.60. The number of hydrogen-bond donors (Lipinski definition) is 1. The molecule has 1 atom stereocenters. The first-order valence-corrected chi connectivity index (χ1v) is 4.75. The molecule has 0 bridgehead atoms. The van der Waals surface area contributed by atoms with E-state index in [0.29, 0.717) is 0 Å². The molecule has 1 aliphatic rings. The van der Waals surface area contributed by atoms with Crippen LogP contribution >= 0.6 is 0 Å². The molecule has 0 radical (unpaired) electrons. The minimum atomic E-state index is -1.51. The van der Waals surface area contributed by atoms with Crippen molar-refractivity contribution in [3.8, 4) is 0 Å². The van der Waals surface area contributed by atoms with Crippen LogP contribution in [0.25, 0.3) is 12.2 Å². The van der Waals surface area contributed by atoms with Gasteiger partial charge in [0.2, 0.25) is 0 Å². The fraction of sp³-hybridized carbons (Fsp3) is 0.250. The molecule has 0 saturated heterocycles. The van der Waals surface area contributed by atoms with Crippen LogP contribution in [0.3, 0.4) is 0 Å². The lowest BCUT2D eigenvalue weighted by Gasteiger charge is -2.22. The summed E-state index contributed by atoms with van der Waals surface area (Å²) in [6, 6.07) is 7.60. The second-order valence-electron chi connectivity index (χ2n) is 3.60. The summed E-state index contributed by atoms with van der Waals surface area (Å²) in [4.78, 5) is 11.4. The molecule has 0 spiro atoms. The molecule has 0 amide bonds. The van der Waals surface area contributed by atoms with E-state index in [0.717, 1.165) is 10.4 Å². The summed E-state index contributed by atoms with van der Waals surface area (Å²) in [5.74, 6) is -0.617. The Morgan fingerprint density at radius 3 is 2.73 bits per heavy atom. The molecule has 0 aromatic heterocycles. The average molecular weight is 204 g/mol. The Kier molecular flexibility index (Phi) is 2.32. The number of carbonyl (C=O) groups excluding carboxylic acids is 1. The number of rotatable bonds is 1. The Morgan fingerprint density at radius 1 is 1.40 bits per heavy atom. The van der Waals surface area contributed by atoms with Crippen LogP contribution in [0.5, 0.6) is 0 Å². The molecule has 2 rings (SSSR count). The molecule has 1 aliphatic carbocycles. The predicted octanol–water partition coefficient (Wildman–Crippen LogP) is -0.445. The van der Waals surface area contributed by atoms with Crippen molar-refractivity contribution < 1.29 is 14.6 Å². The number of ether oxygens (including phenoxy) is 1. The highest BCUT2D eigenvalue weighted by Crippen LogP contribution is 2.16. The lowest BCUT2D eigenvalue weighted by molar-refractivity contribution is -0.155. The van der Waals surface area contributed by atoms with Gasteiger partial charge in [0.15, 0.2) is 5.60 Å². The number of methoxy groups -OCH3 is 1. The van der Waals surface area contributed by atoms with Gasteiger partial charge in [0.05, 0.1) is 7.11 Å². The Balaban J connectivity index is 2.55. The molecule has 1 unspecified atom stereocenters. The van der Waals surface area contributed by atoms with Gasteiger partial charge in [-0.25, -0.2) is 4.79 Å². The number of carbonyl (C=O) groups is 1. The van der Waals surface area contributed by atoms with Gasteiger partial charge >= 0.3 is 5.97 Å². The summed E-state index contributed by atoms with van der Waals surface area (Å²) in [5.41, 5.74) is -1.51. The highest BCUT2D eigenvalue weighted by atomic mass is 16.5. The highest BCUT2D eigenvalue weighted by molar-refractivity contribution is 5.88. The molecule has 0 heterocycles. The van der Waals surface area contributed by atoms with Gasteiger partial charge in [0.25, 0.3) is 0 Å². The molecule has 3 heteroatoms. The monoisotopic (exact) mass is 204 g/mol. The van der Waals surface area contributed by atoms with Crippen LogP contribution < -0.4 is 10.4 Å². The van der Waals surface area contributed by atoms with E-state index >= 15 is 0 Å². The summed E-state index contributed by atoms with van der Waals surface area (Å²) in [6.07, 6.45) is 3.65. The van der Waals surface area contributed by atoms with Crippen molar-refractivity contribution in [1.29, 1.82) is 0 Å². The van der Waals surface area contributed by atoms with Gasteiger partial charge in [-0.2, -0.15) is 0 Å². The van der Waals surface area contributed by atoms with Crippen molar-refractivity contribution >= 4 is 18.1 Å². The zero-order valence-corrected chi connectivity index (χ0v) is 8.43. The molecule has 15 heavy (non-hydrogen) atoms. The molecular formula is C12H12O3. The minimum absolute atomic E-state index is 0.261. The molecule has 1 aromatic carbocycles. The Bertz CT molecular complexity index is 504. The van der Waals surface area contributed by atoms with E-state index in [1.54, 1.807) is 6.08 Å². The maximum absolute atomic E-state index is 11.4. The fourth-order valence-corrected chi connectivity index (χ4v) is 1.73. The first kappa shape index (κ1) is 9.93. The lowest BCUT2D eigenvalue weighted by atomic mass is 9.93. The van der Waals surface area contributed by atoms with E-state index in [-0.39, 0.29) is 6.42 Å². The molecule has 1 N–H and O–H groups in total. The molecule has 0 aliphatic heterocycles. The third-order valence-corrected chi connectivity index (χ3v) is 2.56. The topological polar surface area (TPSA) is 46.5 Å². The van der Waals surface area contributed by atoms with Crippen molar-refractivity contribution in [2.24, 2.45) is 0 Å². The van der Waals surface area contributed by atoms with Crippen molar-refractivity contribution in [2.45, 2.75) is 12.0 Å². The van der Waals surface area contributed by atoms with Crippen LogP contribution in [0.4, 0.5) is 0 Å². The standard InChI is InChI=1S/C12H12O3/c1-15-11(13)12(14)7-6-9-4-2-3-5-10(9)8-12/h2-6,8,14H,7H2,1H3.